The van der Waals surface area contributed by atoms with E-state index >= 15 is 0 Å². The Bertz CT molecular complexity index is 410. The zero-order valence-electron chi connectivity index (χ0n) is 10.3. The van der Waals surface area contributed by atoms with Crippen LogP contribution in [0.3, 0.4) is 0 Å². The maximum Gasteiger partial charge on any atom is 0.169 e. The van der Waals surface area contributed by atoms with E-state index in [1.807, 2.05) is 6.92 Å². The predicted octanol–water partition coefficient (Wildman–Crippen LogP) is 3.19. The Morgan fingerprint density at radius 1 is 1.59 bits per heavy atom. The number of ketones is 1. The average Bonchev–Trinajstić information content (AvgIpc) is 2.34. The first-order valence-electron chi connectivity index (χ1n) is 5.62. The van der Waals surface area contributed by atoms with Crippen LogP contribution in [0.15, 0.2) is 30.9 Å². The van der Waals surface area contributed by atoms with Crippen LogP contribution in [-0.4, -0.2) is 18.0 Å². The summed E-state index contributed by atoms with van der Waals surface area (Å²) in [6.45, 7) is 5.48. The summed E-state index contributed by atoms with van der Waals surface area (Å²) in [5.74, 6) is 0.344. The van der Waals surface area contributed by atoms with E-state index in [-0.39, 0.29) is 17.5 Å². The molecule has 0 amide bonds. The summed E-state index contributed by atoms with van der Waals surface area (Å²) < 4.78 is 4.97. The number of Topliss-reactive ketones (excluding diaryl/α,β-unsaturated/α-hetero) is 1. The molecule has 1 rings (SSSR count). The van der Waals surface area contributed by atoms with Crippen LogP contribution < -0.4 is 4.74 Å². The summed E-state index contributed by atoms with van der Waals surface area (Å²) in [5, 5.41) is 9.75. The lowest BCUT2D eigenvalue weighted by Gasteiger charge is -2.11. The normalized spacial score (nSPS) is 11.9. The number of aromatic hydroxyl groups is 1. The van der Waals surface area contributed by atoms with Crippen LogP contribution >= 0.6 is 0 Å². The topological polar surface area (TPSA) is 46.5 Å². The first-order valence-corrected chi connectivity index (χ1v) is 5.62. The van der Waals surface area contributed by atoms with Crippen molar-refractivity contribution >= 4 is 5.78 Å². The number of ether oxygens (including phenoxy) is 1. The molecule has 1 unspecified atom stereocenters. The largest absolute Gasteiger partial charge is 0.507 e. The van der Waals surface area contributed by atoms with Crippen molar-refractivity contribution in [3.63, 3.8) is 0 Å². The summed E-state index contributed by atoms with van der Waals surface area (Å²) in [5.41, 5.74) is 0.349. The van der Waals surface area contributed by atoms with Crippen LogP contribution in [0.4, 0.5) is 0 Å². The van der Waals surface area contributed by atoms with Gasteiger partial charge < -0.3 is 9.84 Å². The summed E-state index contributed by atoms with van der Waals surface area (Å²) in [6, 6.07) is 4.72. The Kier molecular flexibility index (Phi) is 4.76. The molecule has 0 aliphatic rings. The summed E-state index contributed by atoms with van der Waals surface area (Å²) in [7, 11) is 1.52. The number of methoxy groups -OCH3 is 1. The fourth-order valence-electron chi connectivity index (χ4n) is 1.61. The molecule has 0 saturated carbocycles. The van der Waals surface area contributed by atoms with Crippen LogP contribution in [0.5, 0.6) is 11.5 Å². The van der Waals surface area contributed by atoms with Crippen LogP contribution in [0.25, 0.3) is 0 Å². The molecule has 0 heterocycles. The minimum absolute atomic E-state index is 0.0280. The van der Waals surface area contributed by atoms with Crippen LogP contribution in [0, 0.1) is 5.92 Å². The maximum absolute atomic E-state index is 12.0. The van der Waals surface area contributed by atoms with Crippen molar-refractivity contribution in [3.8, 4) is 11.5 Å². The van der Waals surface area contributed by atoms with Gasteiger partial charge in [-0.15, -0.1) is 6.58 Å². The second-order valence-electron chi connectivity index (χ2n) is 4.01. The third-order valence-corrected chi connectivity index (χ3v) is 2.72. The van der Waals surface area contributed by atoms with E-state index in [2.05, 4.69) is 6.58 Å². The van der Waals surface area contributed by atoms with Gasteiger partial charge in [0.05, 0.1) is 12.7 Å². The number of allylic oxidation sites excluding steroid dienone is 1. The van der Waals surface area contributed by atoms with Gasteiger partial charge in [-0.1, -0.05) is 13.0 Å². The molecule has 17 heavy (non-hydrogen) atoms. The fraction of sp³-hybridized carbons (Fsp3) is 0.357. The molecule has 1 aromatic rings. The Morgan fingerprint density at radius 2 is 2.29 bits per heavy atom. The highest BCUT2D eigenvalue weighted by atomic mass is 16.5. The van der Waals surface area contributed by atoms with E-state index in [9.17, 15) is 9.90 Å². The van der Waals surface area contributed by atoms with E-state index in [4.69, 9.17) is 4.74 Å². The minimum Gasteiger partial charge on any atom is -0.507 e. The smallest absolute Gasteiger partial charge is 0.169 e. The molecule has 0 spiro atoms. The van der Waals surface area contributed by atoms with Crippen LogP contribution in [0.1, 0.15) is 30.1 Å². The zero-order valence-corrected chi connectivity index (χ0v) is 10.3. The molecule has 0 aromatic heterocycles. The Labute approximate surface area is 102 Å². The molecule has 92 valence electrons. The number of carbonyl (C=O) groups excluding carboxylic acids is 1. The minimum atomic E-state index is -0.118. The highest BCUT2D eigenvalue weighted by molar-refractivity contribution is 6.00. The van der Waals surface area contributed by atoms with Crippen LogP contribution in [-0.2, 0) is 0 Å². The van der Waals surface area contributed by atoms with Gasteiger partial charge in [0.15, 0.2) is 5.78 Å². The molecule has 1 atom stereocenters. The fourth-order valence-corrected chi connectivity index (χ4v) is 1.61. The van der Waals surface area contributed by atoms with Crippen molar-refractivity contribution < 1.29 is 14.6 Å². The van der Waals surface area contributed by atoms with E-state index in [1.165, 1.54) is 13.2 Å². The monoisotopic (exact) mass is 234 g/mol. The number of phenolic OH excluding ortho intramolecular Hbond substituents is 1. The van der Waals surface area contributed by atoms with E-state index in [0.29, 0.717) is 11.3 Å². The lowest BCUT2D eigenvalue weighted by atomic mass is 9.94. The SMILES string of the molecule is C=CCCC(C)C(=O)c1ccc(OC)cc1O. The molecule has 3 nitrogen and oxygen atoms in total. The Hall–Kier alpha value is -1.77. The van der Waals surface area contributed by atoms with E-state index in [0.717, 1.165) is 12.8 Å². The molecule has 0 bridgehead atoms. The first-order chi connectivity index (χ1) is 8.10. The summed E-state index contributed by atoms with van der Waals surface area (Å²) in [4.78, 5) is 12.0. The number of hydrogen-bond acceptors (Lipinski definition) is 3. The molecule has 0 fully saturated rings. The van der Waals surface area contributed by atoms with Gasteiger partial charge in [0.1, 0.15) is 11.5 Å². The van der Waals surface area contributed by atoms with E-state index < -0.39 is 0 Å². The second kappa shape index (κ2) is 6.09. The predicted molar refractivity (Wildman–Crippen MR) is 67.6 cm³/mol. The van der Waals surface area contributed by atoms with Gasteiger partial charge in [0.2, 0.25) is 0 Å². The average molecular weight is 234 g/mol. The van der Waals surface area contributed by atoms with Crippen molar-refractivity contribution in [2.45, 2.75) is 19.8 Å². The van der Waals surface area contributed by atoms with Gasteiger partial charge in [0, 0.05) is 12.0 Å². The molecular weight excluding hydrogens is 216 g/mol. The Balaban J connectivity index is 2.85. The molecule has 0 aliphatic carbocycles. The molecular formula is C14H18O3. The molecule has 3 heteroatoms. The third-order valence-electron chi connectivity index (χ3n) is 2.72. The molecule has 1 N–H and O–H groups in total. The maximum atomic E-state index is 12.0. The van der Waals surface area contributed by atoms with Gasteiger partial charge in [-0.2, -0.15) is 0 Å². The second-order valence-corrected chi connectivity index (χ2v) is 4.01. The van der Waals surface area contributed by atoms with Crippen molar-refractivity contribution in [3.05, 3.63) is 36.4 Å². The molecule has 1 aromatic carbocycles. The zero-order chi connectivity index (χ0) is 12.8. The third kappa shape index (κ3) is 3.34. The highest BCUT2D eigenvalue weighted by Crippen LogP contribution is 2.26. The van der Waals surface area contributed by atoms with Gasteiger partial charge >= 0.3 is 0 Å². The highest BCUT2D eigenvalue weighted by Gasteiger charge is 2.18. The summed E-state index contributed by atoms with van der Waals surface area (Å²) in [6.07, 6.45) is 3.33. The number of benzene rings is 1. The number of carbonyl (C=O) groups is 1. The number of phenols is 1. The van der Waals surface area contributed by atoms with Gasteiger partial charge in [-0.05, 0) is 25.0 Å². The molecule has 0 aliphatic heterocycles. The number of rotatable bonds is 6. The van der Waals surface area contributed by atoms with Crippen molar-refractivity contribution in [2.75, 3.05) is 7.11 Å². The standard InChI is InChI=1S/C14H18O3/c1-4-5-6-10(2)14(16)12-8-7-11(17-3)9-13(12)15/h4,7-10,15H,1,5-6H2,2-3H3. The van der Waals surface area contributed by atoms with Crippen molar-refractivity contribution in [1.29, 1.82) is 0 Å². The summed E-state index contributed by atoms with van der Waals surface area (Å²) >= 11 is 0. The van der Waals surface area contributed by atoms with Gasteiger partial charge in [-0.3, -0.25) is 4.79 Å². The molecule has 0 saturated heterocycles. The lowest BCUT2D eigenvalue weighted by Crippen LogP contribution is -2.11. The quantitative estimate of drug-likeness (QED) is 0.607. The van der Waals surface area contributed by atoms with Gasteiger partial charge in [0.25, 0.3) is 0 Å². The van der Waals surface area contributed by atoms with Crippen LogP contribution in [0.2, 0.25) is 0 Å². The van der Waals surface area contributed by atoms with Crippen molar-refractivity contribution in [2.24, 2.45) is 5.92 Å². The Morgan fingerprint density at radius 3 is 2.82 bits per heavy atom. The first kappa shape index (κ1) is 13.3. The van der Waals surface area contributed by atoms with E-state index in [1.54, 1.807) is 18.2 Å². The van der Waals surface area contributed by atoms with Crippen molar-refractivity contribution in [1.82, 2.24) is 0 Å². The van der Waals surface area contributed by atoms with Gasteiger partial charge in [-0.25, -0.2) is 0 Å². The lowest BCUT2D eigenvalue weighted by molar-refractivity contribution is 0.0922. The molecule has 0 radical (unpaired) electrons. The number of hydrogen-bond donors (Lipinski definition) is 1.